The Morgan fingerprint density at radius 2 is 1.42 bits per heavy atom. The molecular formula is C41H47NO6. The Hall–Kier alpha value is -4.46. The van der Waals surface area contributed by atoms with E-state index in [-0.39, 0.29) is 24.7 Å². The highest BCUT2D eigenvalue weighted by Gasteiger charge is 2.35. The number of hydrogen-bond acceptors (Lipinski definition) is 6. The van der Waals surface area contributed by atoms with Crippen LogP contribution in [0.2, 0.25) is 0 Å². The van der Waals surface area contributed by atoms with Crippen molar-refractivity contribution in [2.75, 3.05) is 0 Å². The number of aliphatic hydroxyl groups is 2. The van der Waals surface area contributed by atoms with Crippen molar-refractivity contribution in [2.24, 2.45) is 11.8 Å². The van der Waals surface area contributed by atoms with E-state index in [4.69, 9.17) is 9.47 Å². The summed E-state index contributed by atoms with van der Waals surface area (Å²) in [6.07, 6.45) is -0.284. The summed E-state index contributed by atoms with van der Waals surface area (Å²) < 4.78 is 11.6. The SMILES string of the molecule is CC(C)(C)OC(=O)C[C@@H](Cc1ccccc1)[C@@H](O)C[C@@H](Cc1ccc(OCc2ccccc2)cc1)C(=O)N[C@H]1c2ccccc2C[C@H]1O. The van der Waals surface area contributed by atoms with Crippen molar-refractivity contribution in [3.8, 4) is 5.75 Å². The molecule has 5 rings (SSSR count). The fourth-order valence-electron chi connectivity index (χ4n) is 6.39. The second kappa shape index (κ2) is 16.1. The number of carbonyl (C=O) groups is 2. The molecule has 0 spiro atoms. The molecule has 0 saturated carbocycles. The Kier molecular flexibility index (Phi) is 11.7. The molecule has 48 heavy (non-hydrogen) atoms. The minimum atomic E-state index is -0.970. The van der Waals surface area contributed by atoms with Crippen LogP contribution in [0.25, 0.3) is 0 Å². The average Bonchev–Trinajstić information content (AvgIpc) is 3.38. The minimum absolute atomic E-state index is 0.0177. The fourth-order valence-corrected chi connectivity index (χ4v) is 6.39. The largest absolute Gasteiger partial charge is 0.489 e. The van der Waals surface area contributed by atoms with Gasteiger partial charge in [0, 0.05) is 12.3 Å². The Morgan fingerprint density at radius 3 is 2.08 bits per heavy atom. The Bertz CT molecular complexity index is 1620. The van der Waals surface area contributed by atoms with E-state index in [0.717, 1.165) is 33.6 Å². The number of aliphatic hydroxyl groups excluding tert-OH is 2. The second-order valence-electron chi connectivity index (χ2n) is 13.8. The van der Waals surface area contributed by atoms with Crippen LogP contribution in [0.4, 0.5) is 0 Å². The van der Waals surface area contributed by atoms with Crippen molar-refractivity contribution in [1.29, 1.82) is 0 Å². The van der Waals surface area contributed by atoms with Crippen LogP contribution in [0.5, 0.6) is 5.75 Å². The van der Waals surface area contributed by atoms with Gasteiger partial charge in [0.25, 0.3) is 0 Å². The molecule has 7 heteroatoms. The maximum Gasteiger partial charge on any atom is 0.306 e. The lowest BCUT2D eigenvalue weighted by Crippen LogP contribution is -2.41. The molecule has 1 aliphatic rings. The van der Waals surface area contributed by atoms with Gasteiger partial charge in [0.1, 0.15) is 18.0 Å². The average molecular weight is 650 g/mol. The monoisotopic (exact) mass is 649 g/mol. The normalized spacial score (nSPS) is 17.5. The van der Waals surface area contributed by atoms with E-state index in [0.29, 0.717) is 25.9 Å². The van der Waals surface area contributed by atoms with Crippen molar-refractivity contribution >= 4 is 11.9 Å². The van der Waals surface area contributed by atoms with E-state index >= 15 is 0 Å². The first-order valence-electron chi connectivity index (χ1n) is 16.8. The van der Waals surface area contributed by atoms with E-state index in [1.807, 2.05) is 130 Å². The summed E-state index contributed by atoms with van der Waals surface area (Å²) in [4.78, 5) is 27.0. The molecular weight excluding hydrogens is 602 g/mol. The van der Waals surface area contributed by atoms with Crippen LogP contribution in [0.3, 0.4) is 0 Å². The molecule has 1 aliphatic carbocycles. The smallest absolute Gasteiger partial charge is 0.306 e. The topological polar surface area (TPSA) is 105 Å². The van der Waals surface area contributed by atoms with Gasteiger partial charge in [-0.1, -0.05) is 97.1 Å². The van der Waals surface area contributed by atoms with Gasteiger partial charge in [0.05, 0.1) is 24.7 Å². The van der Waals surface area contributed by atoms with Crippen molar-refractivity contribution in [1.82, 2.24) is 5.32 Å². The van der Waals surface area contributed by atoms with Crippen LogP contribution in [-0.4, -0.2) is 39.9 Å². The first kappa shape index (κ1) is 34.9. The van der Waals surface area contributed by atoms with Crippen LogP contribution in [0.1, 0.15) is 67.5 Å². The highest BCUT2D eigenvalue weighted by atomic mass is 16.6. The van der Waals surface area contributed by atoms with Crippen molar-refractivity contribution < 1.29 is 29.3 Å². The van der Waals surface area contributed by atoms with Gasteiger partial charge in [-0.25, -0.2) is 0 Å². The number of hydrogen-bond donors (Lipinski definition) is 3. The summed E-state index contributed by atoms with van der Waals surface area (Å²) in [5.74, 6) is -1.03. The Balaban J connectivity index is 1.34. The maximum absolute atomic E-state index is 14.1. The van der Waals surface area contributed by atoms with Gasteiger partial charge in [0.2, 0.25) is 5.91 Å². The molecule has 7 nitrogen and oxygen atoms in total. The van der Waals surface area contributed by atoms with Crippen molar-refractivity contribution in [3.05, 3.63) is 137 Å². The summed E-state index contributed by atoms with van der Waals surface area (Å²) in [6.45, 7) is 5.91. The third-order valence-corrected chi connectivity index (χ3v) is 8.79. The van der Waals surface area contributed by atoms with Gasteiger partial charge in [-0.15, -0.1) is 0 Å². The number of rotatable bonds is 14. The highest BCUT2D eigenvalue weighted by Crippen LogP contribution is 2.33. The van der Waals surface area contributed by atoms with Crippen LogP contribution in [0.15, 0.2) is 109 Å². The molecule has 0 aromatic heterocycles. The predicted molar refractivity (Wildman–Crippen MR) is 186 cm³/mol. The molecule has 0 saturated heterocycles. The summed E-state index contributed by atoms with van der Waals surface area (Å²) in [5.41, 5.74) is 4.23. The van der Waals surface area contributed by atoms with Gasteiger partial charge in [-0.2, -0.15) is 0 Å². The van der Waals surface area contributed by atoms with Crippen LogP contribution in [-0.2, 0) is 40.2 Å². The summed E-state index contributed by atoms with van der Waals surface area (Å²) in [5, 5.41) is 25.7. The standard InChI is InChI=1S/C41H47NO6/c1-41(2,3)48-38(45)26-32(22-28-12-6-4-7-13-28)36(43)25-33(40(46)42-39-35-17-11-10-16-31(35)24-37(39)44)23-29-18-20-34(21-19-29)47-27-30-14-8-5-9-15-30/h4-21,32-33,36-37,39,43-44H,22-27H2,1-3H3,(H,42,46)/t32-,33-,36+,37-,39+/m1/s1. The third-order valence-electron chi connectivity index (χ3n) is 8.79. The molecule has 252 valence electrons. The summed E-state index contributed by atoms with van der Waals surface area (Å²) in [7, 11) is 0. The number of carbonyl (C=O) groups excluding carboxylic acids is 2. The number of amides is 1. The lowest BCUT2D eigenvalue weighted by Gasteiger charge is -2.29. The van der Waals surface area contributed by atoms with Crippen molar-refractivity contribution in [3.63, 3.8) is 0 Å². The Morgan fingerprint density at radius 1 is 0.812 bits per heavy atom. The first-order chi connectivity index (χ1) is 23.0. The number of benzene rings is 4. The highest BCUT2D eigenvalue weighted by molar-refractivity contribution is 5.80. The predicted octanol–water partition coefficient (Wildman–Crippen LogP) is 6.54. The van der Waals surface area contributed by atoms with Crippen LogP contribution >= 0.6 is 0 Å². The lowest BCUT2D eigenvalue weighted by molar-refractivity contribution is -0.157. The number of ether oxygens (including phenoxy) is 2. The second-order valence-corrected chi connectivity index (χ2v) is 13.8. The molecule has 0 radical (unpaired) electrons. The number of fused-ring (bicyclic) bond motifs is 1. The third kappa shape index (κ3) is 10.0. The van der Waals surface area contributed by atoms with E-state index in [1.54, 1.807) is 0 Å². The summed E-state index contributed by atoms with van der Waals surface area (Å²) >= 11 is 0. The minimum Gasteiger partial charge on any atom is -0.489 e. The first-order valence-corrected chi connectivity index (χ1v) is 16.8. The van der Waals surface area contributed by atoms with Gasteiger partial charge >= 0.3 is 5.97 Å². The molecule has 0 fully saturated rings. The van der Waals surface area contributed by atoms with E-state index in [2.05, 4.69) is 5.32 Å². The molecule has 4 aromatic carbocycles. The van der Waals surface area contributed by atoms with Crippen LogP contribution < -0.4 is 10.1 Å². The van der Waals surface area contributed by atoms with Gasteiger partial charge in [0.15, 0.2) is 0 Å². The van der Waals surface area contributed by atoms with Crippen molar-refractivity contribution in [2.45, 2.75) is 83.3 Å². The van der Waals surface area contributed by atoms with E-state index < -0.39 is 35.7 Å². The van der Waals surface area contributed by atoms with Gasteiger partial charge < -0.3 is 25.0 Å². The van der Waals surface area contributed by atoms with Crippen LogP contribution in [0, 0.1) is 11.8 Å². The Labute approximate surface area is 283 Å². The number of esters is 1. The molecule has 0 bridgehead atoms. The molecule has 0 aliphatic heterocycles. The fraction of sp³-hybridized carbons (Fsp3) is 0.366. The molecule has 1 amide bonds. The van der Waals surface area contributed by atoms with Gasteiger partial charge in [-0.3, -0.25) is 9.59 Å². The molecule has 0 heterocycles. The molecule has 0 unspecified atom stereocenters. The van der Waals surface area contributed by atoms with E-state index in [1.165, 1.54) is 0 Å². The molecule has 4 aromatic rings. The quantitative estimate of drug-likeness (QED) is 0.134. The zero-order valence-corrected chi connectivity index (χ0v) is 28.0. The molecule has 5 atom stereocenters. The van der Waals surface area contributed by atoms with E-state index in [9.17, 15) is 19.8 Å². The zero-order valence-electron chi connectivity index (χ0n) is 28.0. The number of nitrogens with one attached hydrogen (secondary N) is 1. The van der Waals surface area contributed by atoms with Gasteiger partial charge in [-0.05, 0) is 85.9 Å². The summed E-state index contributed by atoms with van der Waals surface area (Å²) in [6, 6.07) is 34.5. The lowest BCUT2D eigenvalue weighted by atomic mass is 9.83. The maximum atomic E-state index is 14.1. The zero-order chi connectivity index (χ0) is 34.1. The molecule has 3 N–H and O–H groups in total.